The number of pyridine rings is 3. The van der Waals surface area contributed by atoms with Crippen molar-refractivity contribution < 1.29 is 9.18 Å². The van der Waals surface area contributed by atoms with Gasteiger partial charge in [0.05, 0.1) is 22.5 Å². The van der Waals surface area contributed by atoms with Crippen LogP contribution in [0.2, 0.25) is 0 Å². The Bertz CT molecular complexity index is 1520. The predicted molar refractivity (Wildman–Crippen MR) is 135 cm³/mol. The molecule has 7 nitrogen and oxygen atoms in total. The van der Waals surface area contributed by atoms with Crippen molar-refractivity contribution in [3.05, 3.63) is 108 Å². The second-order valence-electron chi connectivity index (χ2n) is 7.90. The van der Waals surface area contributed by atoms with Crippen molar-refractivity contribution in [2.75, 3.05) is 16.4 Å². The summed E-state index contributed by atoms with van der Waals surface area (Å²) in [7, 11) is 0. The van der Waals surface area contributed by atoms with Crippen LogP contribution >= 0.6 is 0 Å². The van der Waals surface area contributed by atoms with E-state index in [0.717, 1.165) is 16.5 Å². The number of fused-ring (bicyclic) bond motifs is 1. The summed E-state index contributed by atoms with van der Waals surface area (Å²) in [4.78, 5) is 25.3. The fraction of sp³-hybridized carbons (Fsp3) is 0.0370. The Hall–Kier alpha value is -4.85. The first-order valence-electron chi connectivity index (χ1n) is 10.9. The summed E-state index contributed by atoms with van der Waals surface area (Å²) in [5.41, 5.74) is 10.1. The maximum absolute atomic E-state index is 14.8. The molecule has 0 atom stereocenters. The molecule has 0 unspecified atom stereocenters. The Balaban J connectivity index is 1.33. The molecule has 0 saturated heterocycles. The third kappa shape index (κ3) is 4.91. The van der Waals surface area contributed by atoms with Gasteiger partial charge in [-0.15, -0.1) is 0 Å². The Morgan fingerprint density at radius 1 is 0.943 bits per heavy atom. The minimum atomic E-state index is -0.646. The van der Waals surface area contributed by atoms with Crippen LogP contribution in [-0.2, 0) is 6.54 Å². The number of aromatic nitrogens is 3. The molecule has 0 saturated carbocycles. The fourth-order valence-corrected chi connectivity index (χ4v) is 3.69. The number of nitrogen functional groups attached to an aromatic ring is 1. The molecule has 5 rings (SSSR count). The van der Waals surface area contributed by atoms with Crippen molar-refractivity contribution in [2.45, 2.75) is 6.54 Å². The zero-order valence-corrected chi connectivity index (χ0v) is 18.6. The quantitative estimate of drug-likeness (QED) is 0.316. The van der Waals surface area contributed by atoms with Gasteiger partial charge in [0.25, 0.3) is 5.91 Å². The monoisotopic (exact) mass is 464 g/mol. The first-order chi connectivity index (χ1) is 17.1. The van der Waals surface area contributed by atoms with E-state index in [4.69, 9.17) is 5.73 Å². The highest BCUT2D eigenvalue weighted by atomic mass is 19.1. The van der Waals surface area contributed by atoms with E-state index in [2.05, 4.69) is 31.7 Å². The van der Waals surface area contributed by atoms with Crippen LogP contribution in [0.5, 0.6) is 0 Å². The summed E-state index contributed by atoms with van der Waals surface area (Å²) in [6, 6.07) is 21.0. The van der Waals surface area contributed by atoms with Crippen LogP contribution in [0.3, 0.4) is 0 Å². The highest BCUT2D eigenvalue weighted by Gasteiger charge is 2.14. The number of amides is 1. The van der Waals surface area contributed by atoms with E-state index in [1.165, 1.54) is 12.1 Å². The molecule has 0 aliphatic carbocycles. The van der Waals surface area contributed by atoms with Gasteiger partial charge in [-0.3, -0.25) is 14.8 Å². The van der Waals surface area contributed by atoms with Crippen molar-refractivity contribution in [1.82, 2.24) is 15.0 Å². The molecule has 0 aliphatic heterocycles. The number of carbonyl (C=O) groups excluding carboxylic acids is 1. The van der Waals surface area contributed by atoms with E-state index in [1.807, 2.05) is 24.3 Å². The summed E-state index contributed by atoms with van der Waals surface area (Å²) in [5, 5.41) is 6.96. The first-order valence-corrected chi connectivity index (χ1v) is 10.9. The number of halogens is 1. The van der Waals surface area contributed by atoms with Crippen LogP contribution in [-0.4, -0.2) is 20.9 Å². The van der Waals surface area contributed by atoms with E-state index in [-0.39, 0.29) is 5.56 Å². The zero-order chi connectivity index (χ0) is 24.2. The first kappa shape index (κ1) is 22.0. The molecule has 35 heavy (non-hydrogen) atoms. The third-order valence-electron chi connectivity index (χ3n) is 5.50. The van der Waals surface area contributed by atoms with Gasteiger partial charge in [0.15, 0.2) is 0 Å². The molecule has 0 radical (unpaired) electrons. The number of benzene rings is 2. The number of nitrogens with zero attached hydrogens (tertiary/aromatic N) is 3. The predicted octanol–water partition coefficient (Wildman–Crippen LogP) is 5.28. The van der Waals surface area contributed by atoms with Gasteiger partial charge in [0.1, 0.15) is 11.6 Å². The molecule has 8 heteroatoms. The molecule has 3 heterocycles. The van der Waals surface area contributed by atoms with Crippen molar-refractivity contribution >= 4 is 34.0 Å². The standard InChI is InChI=1S/C27H21FN6O/c28-22-15-19(4-5-21(22)27(35)33-20-9-12-30-13-10-20)25-8-6-23(29)26(34-25)32-16-17-3-7-24-18(14-17)2-1-11-31-24/h1-15H,16,29H2,(H,32,34)(H,30,33,35). The molecule has 4 N–H and O–H groups in total. The minimum absolute atomic E-state index is 0.0647. The van der Waals surface area contributed by atoms with E-state index in [9.17, 15) is 9.18 Å². The highest BCUT2D eigenvalue weighted by Crippen LogP contribution is 2.26. The lowest BCUT2D eigenvalue weighted by molar-refractivity contribution is 0.102. The van der Waals surface area contributed by atoms with Crippen molar-refractivity contribution in [1.29, 1.82) is 0 Å². The van der Waals surface area contributed by atoms with E-state index in [0.29, 0.717) is 35.0 Å². The largest absolute Gasteiger partial charge is 0.396 e. The molecule has 0 aliphatic rings. The lowest BCUT2D eigenvalue weighted by Gasteiger charge is -2.12. The van der Waals surface area contributed by atoms with Gasteiger partial charge in [-0.1, -0.05) is 18.2 Å². The van der Waals surface area contributed by atoms with E-state index < -0.39 is 11.7 Å². The third-order valence-corrected chi connectivity index (χ3v) is 5.50. The van der Waals surface area contributed by atoms with Crippen LogP contribution in [0, 0.1) is 5.82 Å². The molecule has 5 aromatic rings. The van der Waals surface area contributed by atoms with E-state index in [1.54, 1.807) is 48.9 Å². The molecule has 0 bridgehead atoms. The molecule has 172 valence electrons. The molecular weight excluding hydrogens is 443 g/mol. The Labute approximate surface area is 200 Å². The fourth-order valence-electron chi connectivity index (χ4n) is 3.69. The molecule has 1 amide bonds. The van der Waals surface area contributed by atoms with Crippen molar-refractivity contribution in [2.24, 2.45) is 0 Å². The molecular formula is C27H21FN6O. The van der Waals surface area contributed by atoms with Gasteiger partial charge < -0.3 is 16.4 Å². The van der Waals surface area contributed by atoms with Gasteiger partial charge >= 0.3 is 0 Å². The number of nitrogens with two attached hydrogens (primary N) is 1. The van der Waals surface area contributed by atoms with Gasteiger partial charge in [-0.2, -0.15) is 0 Å². The number of nitrogens with one attached hydrogen (secondary N) is 2. The number of anilines is 3. The average molecular weight is 465 g/mol. The zero-order valence-electron chi connectivity index (χ0n) is 18.6. The van der Waals surface area contributed by atoms with Crippen LogP contribution in [0.15, 0.2) is 91.4 Å². The summed E-state index contributed by atoms with van der Waals surface area (Å²) in [6.45, 7) is 0.508. The number of hydrogen-bond acceptors (Lipinski definition) is 6. The molecule has 2 aromatic carbocycles. The Kier molecular flexibility index (Phi) is 6.00. The Morgan fingerprint density at radius 3 is 2.63 bits per heavy atom. The van der Waals surface area contributed by atoms with Crippen LogP contribution in [0.1, 0.15) is 15.9 Å². The lowest BCUT2D eigenvalue weighted by Crippen LogP contribution is -2.13. The number of rotatable bonds is 6. The topological polar surface area (TPSA) is 106 Å². The normalized spacial score (nSPS) is 10.8. The SMILES string of the molecule is Nc1ccc(-c2ccc(C(=O)Nc3ccncc3)c(F)c2)nc1NCc1ccc2ncccc2c1. The van der Waals surface area contributed by atoms with E-state index >= 15 is 0 Å². The maximum Gasteiger partial charge on any atom is 0.258 e. The summed E-state index contributed by atoms with van der Waals surface area (Å²) < 4.78 is 14.8. The van der Waals surface area contributed by atoms with Gasteiger partial charge in [-0.25, -0.2) is 9.37 Å². The smallest absolute Gasteiger partial charge is 0.258 e. The summed E-state index contributed by atoms with van der Waals surface area (Å²) >= 11 is 0. The van der Waals surface area contributed by atoms with Crippen molar-refractivity contribution in [3.63, 3.8) is 0 Å². The molecule has 0 fully saturated rings. The van der Waals surface area contributed by atoms with Crippen LogP contribution < -0.4 is 16.4 Å². The molecule has 3 aromatic heterocycles. The molecule has 0 spiro atoms. The van der Waals surface area contributed by atoms with Crippen LogP contribution in [0.4, 0.5) is 21.6 Å². The Morgan fingerprint density at radius 2 is 1.80 bits per heavy atom. The van der Waals surface area contributed by atoms with Gasteiger partial charge in [0, 0.05) is 41.8 Å². The van der Waals surface area contributed by atoms with Gasteiger partial charge in [-0.05, 0) is 60.2 Å². The maximum atomic E-state index is 14.8. The highest BCUT2D eigenvalue weighted by molar-refractivity contribution is 6.04. The minimum Gasteiger partial charge on any atom is -0.396 e. The average Bonchev–Trinajstić information content (AvgIpc) is 2.88. The van der Waals surface area contributed by atoms with Crippen LogP contribution in [0.25, 0.3) is 22.2 Å². The summed E-state index contributed by atoms with van der Waals surface area (Å²) in [6.07, 6.45) is 4.86. The van der Waals surface area contributed by atoms with Gasteiger partial charge in [0.2, 0.25) is 0 Å². The lowest BCUT2D eigenvalue weighted by atomic mass is 10.1. The number of hydrogen-bond donors (Lipinski definition) is 3. The second-order valence-corrected chi connectivity index (χ2v) is 7.90. The summed E-state index contributed by atoms with van der Waals surface area (Å²) in [5.74, 6) is -0.695. The second kappa shape index (κ2) is 9.56. The number of carbonyl (C=O) groups is 1. The van der Waals surface area contributed by atoms with Crippen molar-refractivity contribution in [3.8, 4) is 11.3 Å².